The predicted molar refractivity (Wildman–Crippen MR) is 80.3 cm³/mol. The van der Waals surface area contributed by atoms with E-state index in [2.05, 4.69) is 10.3 Å². The molecule has 0 unspecified atom stereocenters. The van der Waals surface area contributed by atoms with Crippen LogP contribution < -0.4 is 10.1 Å². The van der Waals surface area contributed by atoms with Gasteiger partial charge in [-0.1, -0.05) is 0 Å². The number of pyridine rings is 1. The van der Waals surface area contributed by atoms with Crippen LogP contribution in [-0.4, -0.2) is 22.1 Å². The second kappa shape index (κ2) is 7.31. The highest BCUT2D eigenvalue weighted by molar-refractivity contribution is 5.94. The molecule has 0 saturated heterocycles. The lowest BCUT2D eigenvalue weighted by atomic mass is 10.2. The second-order valence-corrected chi connectivity index (χ2v) is 4.96. The van der Waals surface area contributed by atoms with E-state index in [1.54, 1.807) is 6.07 Å². The highest BCUT2D eigenvalue weighted by Crippen LogP contribution is 2.30. The van der Waals surface area contributed by atoms with Gasteiger partial charge in [0.15, 0.2) is 6.10 Å². The number of benzene rings is 1. The molecule has 0 spiro atoms. The number of ether oxygens (including phenoxy) is 1. The summed E-state index contributed by atoms with van der Waals surface area (Å²) in [6.07, 6.45) is -2.52. The number of carbonyl (C=O) groups excluding carboxylic acids is 1. The van der Waals surface area contributed by atoms with Gasteiger partial charge in [0.25, 0.3) is 5.91 Å². The number of carbonyl (C=O) groups is 1. The molecule has 128 valence electrons. The van der Waals surface area contributed by atoms with Gasteiger partial charge in [0.2, 0.25) is 0 Å². The summed E-state index contributed by atoms with van der Waals surface area (Å²) in [6, 6.07) is 5.61. The first-order valence-corrected chi connectivity index (χ1v) is 7.00. The minimum atomic E-state index is -4.43. The molecule has 0 radical (unpaired) electrons. The lowest BCUT2D eigenvalue weighted by molar-refractivity contribution is -0.137. The van der Waals surface area contributed by atoms with Crippen molar-refractivity contribution in [3.63, 3.8) is 0 Å². The summed E-state index contributed by atoms with van der Waals surface area (Å²) in [6.45, 7) is 1.19. The molecule has 2 rings (SSSR count). The molecule has 0 aliphatic heterocycles. The summed E-state index contributed by atoms with van der Waals surface area (Å²) < 4.78 is 42.8. The Hall–Kier alpha value is -2.61. The number of rotatable bonds is 5. The molecule has 0 saturated carbocycles. The SMILES string of the molecule is C[C@@H](Oc1ccc(C(F)(F)F)cc1)C(=O)Nc1cnccc1CO. The number of nitrogens with one attached hydrogen (secondary N) is 1. The molecule has 0 bridgehead atoms. The average Bonchev–Trinajstić information content (AvgIpc) is 2.55. The standard InChI is InChI=1S/C16H15F3N2O3/c1-10(15(23)21-14-8-20-7-6-11(14)9-22)24-13-4-2-12(3-5-13)16(17,18)19/h2-8,10,22H,9H2,1H3,(H,21,23)/t10-/m1/s1. The van der Waals surface area contributed by atoms with Crippen molar-refractivity contribution in [2.45, 2.75) is 25.8 Å². The van der Waals surface area contributed by atoms with Crippen LogP contribution in [-0.2, 0) is 17.6 Å². The number of amides is 1. The number of anilines is 1. The highest BCUT2D eigenvalue weighted by atomic mass is 19.4. The monoisotopic (exact) mass is 340 g/mol. The number of aromatic nitrogens is 1. The smallest absolute Gasteiger partial charge is 0.416 e. The van der Waals surface area contributed by atoms with Crippen molar-refractivity contribution >= 4 is 11.6 Å². The minimum absolute atomic E-state index is 0.138. The normalized spacial score (nSPS) is 12.5. The van der Waals surface area contributed by atoms with Crippen LogP contribution in [0.1, 0.15) is 18.1 Å². The van der Waals surface area contributed by atoms with Crippen molar-refractivity contribution in [1.82, 2.24) is 4.98 Å². The summed E-state index contributed by atoms with van der Waals surface area (Å²) in [4.78, 5) is 15.9. The van der Waals surface area contributed by atoms with Crippen molar-refractivity contribution in [2.24, 2.45) is 0 Å². The molecular formula is C16H15F3N2O3. The molecule has 2 aromatic rings. The molecule has 0 aliphatic rings. The van der Waals surface area contributed by atoms with Gasteiger partial charge in [-0.25, -0.2) is 0 Å². The van der Waals surface area contributed by atoms with Gasteiger partial charge >= 0.3 is 6.18 Å². The Kier molecular flexibility index (Phi) is 5.40. The Labute approximate surface area is 136 Å². The number of hydrogen-bond acceptors (Lipinski definition) is 4. The zero-order valence-electron chi connectivity index (χ0n) is 12.7. The number of halogens is 3. The Morgan fingerprint density at radius 2 is 1.96 bits per heavy atom. The number of alkyl halides is 3. The van der Waals surface area contributed by atoms with Gasteiger partial charge in [0.1, 0.15) is 5.75 Å². The number of aliphatic hydroxyl groups is 1. The molecule has 8 heteroatoms. The van der Waals surface area contributed by atoms with Gasteiger partial charge in [-0.05, 0) is 37.3 Å². The van der Waals surface area contributed by atoms with Crippen LogP contribution in [0.2, 0.25) is 0 Å². The van der Waals surface area contributed by atoms with E-state index in [4.69, 9.17) is 4.74 Å². The first-order chi connectivity index (χ1) is 11.3. The number of hydrogen-bond donors (Lipinski definition) is 2. The fourth-order valence-electron chi connectivity index (χ4n) is 1.89. The lowest BCUT2D eigenvalue weighted by Gasteiger charge is -2.16. The van der Waals surface area contributed by atoms with Crippen molar-refractivity contribution in [1.29, 1.82) is 0 Å². The van der Waals surface area contributed by atoms with Gasteiger partial charge in [-0.15, -0.1) is 0 Å². The maximum Gasteiger partial charge on any atom is 0.416 e. The second-order valence-electron chi connectivity index (χ2n) is 4.96. The van der Waals surface area contributed by atoms with E-state index in [0.717, 1.165) is 24.3 Å². The average molecular weight is 340 g/mol. The van der Waals surface area contributed by atoms with Crippen LogP contribution >= 0.6 is 0 Å². The Bertz CT molecular complexity index is 702. The molecule has 1 aromatic carbocycles. The van der Waals surface area contributed by atoms with Crippen LogP contribution in [0.3, 0.4) is 0 Å². The van der Waals surface area contributed by atoms with E-state index in [1.807, 2.05) is 0 Å². The van der Waals surface area contributed by atoms with Gasteiger partial charge in [-0.2, -0.15) is 13.2 Å². The van der Waals surface area contributed by atoms with Crippen molar-refractivity contribution in [2.75, 3.05) is 5.32 Å². The molecule has 1 amide bonds. The van der Waals surface area contributed by atoms with E-state index in [9.17, 15) is 23.1 Å². The van der Waals surface area contributed by atoms with E-state index in [-0.39, 0.29) is 12.4 Å². The van der Waals surface area contributed by atoms with Gasteiger partial charge in [-0.3, -0.25) is 9.78 Å². The predicted octanol–water partition coefficient (Wildman–Crippen LogP) is 3.00. The maximum atomic E-state index is 12.5. The topological polar surface area (TPSA) is 71.5 Å². The molecule has 5 nitrogen and oxygen atoms in total. The van der Waals surface area contributed by atoms with E-state index in [0.29, 0.717) is 11.3 Å². The van der Waals surface area contributed by atoms with Gasteiger partial charge in [0, 0.05) is 11.8 Å². The zero-order valence-corrected chi connectivity index (χ0v) is 12.7. The summed E-state index contributed by atoms with van der Waals surface area (Å²) >= 11 is 0. The first-order valence-electron chi connectivity index (χ1n) is 7.00. The van der Waals surface area contributed by atoms with Crippen LogP contribution in [0.25, 0.3) is 0 Å². The summed E-state index contributed by atoms with van der Waals surface area (Å²) in [5.41, 5.74) is 0.0304. The third-order valence-corrected chi connectivity index (χ3v) is 3.20. The van der Waals surface area contributed by atoms with Crippen LogP contribution in [0.4, 0.5) is 18.9 Å². The van der Waals surface area contributed by atoms with Crippen LogP contribution in [0.5, 0.6) is 5.75 Å². The van der Waals surface area contributed by atoms with Crippen molar-refractivity contribution < 1.29 is 27.8 Å². The largest absolute Gasteiger partial charge is 0.481 e. The molecule has 2 N–H and O–H groups in total. The fourth-order valence-corrected chi connectivity index (χ4v) is 1.89. The zero-order chi connectivity index (χ0) is 17.7. The Morgan fingerprint density at radius 1 is 1.29 bits per heavy atom. The fraction of sp³-hybridized carbons (Fsp3) is 0.250. The van der Waals surface area contributed by atoms with Crippen molar-refractivity contribution in [3.05, 3.63) is 53.9 Å². The number of nitrogens with zero attached hydrogens (tertiary/aromatic N) is 1. The Morgan fingerprint density at radius 3 is 2.54 bits per heavy atom. The minimum Gasteiger partial charge on any atom is -0.481 e. The molecule has 0 fully saturated rings. The summed E-state index contributed by atoms with van der Waals surface area (Å²) in [5.74, 6) is -0.378. The molecule has 0 aliphatic carbocycles. The first kappa shape index (κ1) is 17.7. The maximum absolute atomic E-state index is 12.5. The third-order valence-electron chi connectivity index (χ3n) is 3.20. The summed E-state index contributed by atoms with van der Waals surface area (Å²) in [5, 5.41) is 11.7. The van der Waals surface area contributed by atoms with Gasteiger partial charge in [0.05, 0.1) is 24.1 Å². The quantitative estimate of drug-likeness (QED) is 0.878. The number of aliphatic hydroxyl groups excluding tert-OH is 1. The van der Waals surface area contributed by atoms with E-state index < -0.39 is 23.8 Å². The molecule has 1 heterocycles. The van der Waals surface area contributed by atoms with Crippen molar-refractivity contribution in [3.8, 4) is 5.75 Å². The van der Waals surface area contributed by atoms with Crippen LogP contribution in [0.15, 0.2) is 42.7 Å². The van der Waals surface area contributed by atoms with E-state index >= 15 is 0 Å². The van der Waals surface area contributed by atoms with Crippen LogP contribution in [0, 0.1) is 0 Å². The molecule has 1 aromatic heterocycles. The Balaban J connectivity index is 2.01. The summed E-state index contributed by atoms with van der Waals surface area (Å²) in [7, 11) is 0. The lowest BCUT2D eigenvalue weighted by Crippen LogP contribution is -2.30. The molecular weight excluding hydrogens is 325 g/mol. The van der Waals surface area contributed by atoms with E-state index in [1.165, 1.54) is 19.3 Å². The van der Waals surface area contributed by atoms with Gasteiger partial charge < -0.3 is 15.2 Å². The highest BCUT2D eigenvalue weighted by Gasteiger charge is 2.30. The molecule has 24 heavy (non-hydrogen) atoms. The third kappa shape index (κ3) is 4.45. The molecule has 1 atom stereocenters.